The van der Waals surface area contributed by atoms with Gasteiger partial charge in [-0.1, -0.05) is 47.5 Å². The van der Waals surface area contributed by atoms with E-state index in [9.17, 15) is 27.2 Å². The van der Waals surface area contributed by atoms with E-state index in [1.165, 1.54) is 17.5 Å². The summed E-state index contributed by atoms with van der Waals surface area (Å²) in [4.78, 5) is 31.1. The summed E-state index contributed by atoms with van der Waals surface area (Å²) in [5.41, 5.74) is 1.37. The van der Waals surface area contributed by atoms with E-state index in [1.807, 2.05) is 29.2 Å². The monoisotopic (exact) mass is 649 g/mol. The summed E-state index contributed by atoms with van der Waals surface area (Å²) in [7, 11) is 1.49. The Morgan fingerprint density at radius 3 is 2.36 bits per heavy atom. The number of carbonyl (C=O) groups excluding carboxylic acids is 2. The SMILES string of the molecule is CC(=O)N1CC2(CCN(CCC(CN(C)C(=O)c3cc(F)cc(C(F)(F)F)c3)c3ccc(Cl)c(Cl)c3)CC2)c2ccccc21. The minimum absolute atomic E-state index is 0.0350. The fraction of sp³-hybridized carbons (Fsp3) is 0.394. The van der Waals surface area contributed by atoms with Crippen LogP contribution in [0.15, 0.2) is 60.7 Å². The van der Waals surface area contributed by atoms with Crippen molar-refractivity contribution in [3.05, 3.63) is 98.8 Å². The number of likely N-dealkylation sites (tertiary alicyclic amines) is 1. The van der Waals surface area contributed by atoms with Crippen LogP contribution in [0.3, 0.4) is 0 Å². The van der Waals surface area contributed by atoms with Gasteiger partial charge in [-0.3, -0.25) is 9.59 Å². The number of amides is 2. The molecular formula is C33H33Cl2F4N3O2. The lowest BCUT2D eigenvalue weighted by Crippen LogP contribution is -2.46. The Morgan fingerprint density at radius 2 is 1.70 bits per heavy atom. The van der Waals surface area contributed by atoms with Crippen molar-refractivity contribution in [3.8, 4) is 0 Å². The number of fused-ring (bicyclic) bond motifs is 2. The summed E-state index contributed by atoms with van der Waals surface area (Å²) in [6, 6.07) is 15.2. The van der Waals surface area contributed by atoms with Crippen molar-refractivity contribution in [1.29, 1.82) is 0 Å². The lowest BCUT2D eigenvalue weighted by Gasteiger charge is -2.40. The van der Waals surface area contributed by atoms with E-state index < -0.39 is 23.5 Å². The second kappa shape index (κ2) is 12.7. The number of hydrogen-bond donors (Lipinski definition) is 0. The van der Waals surface area contributed by atoms with Gasteiger partial charge in [-0.25, -0.2) is 4.39 Å². The van der Waals surface area contributed by atoms with Crippen LogP contribution in [0, 0.1) is 5.82 Å². The standard InChI is InChI=1S/C33H33Cl2F4N3O2/c1-21(43)42-20-32(27-5-3-4-6-30(27)42)10-13-41(14-11-32)12-9-23(22-7-8-28(34)29(35)17-22)19-40(2)31(44)24-15-25(33(37,38)39)18-26(36)16-24/h3-8,15-18,23H,9-14,19-20H2,1-2H3. The summed E-state index contributed by atoms with van der Waals surface area (Å²) >= 11 is 12.5. The van der Waals surface area contributed by atoms with Gasteiger partial charge in [0.1, 0.15) is 5.82 Å². The molecule has 2 aliphatic heterocycles. The van der Waals surface area contributed by atoms with Gasteiger partial charge in [0.25, 0.3) is 5.91 Å². The van der Waals surface area contributed by atoms with Crippen LogP contribution in [0.25, 0.3) is 0 Å². The Kier molecular flexibility index (Phi) is 9.31. The zero-order chi connectivity index (χ0) is 31.8. The Morgan fingerprint density at radius 1 is 1.00 bits per heavy atom. The van der Waals surface area contributed by atoms with Gasteiger partial charge >= 0.3 is 6.18 Å². The molecule has 5 rings (SSSR count). The topological polar surface area (TPSA) is 43.9 Å². The van der Waals surface area contributed by atoms with Crippen LogP contribution in [0.1, 0.15) is 59.2 Å². The first kappa shape index (κ1) is 32.3. The molecule has 0 aliphatic carbocycles. The van der Waals surface area contributed by atoms with E-state index in [0.29, 0.717) is 41.7 Å². The molecule has 11 heteroatoms. The van der Waals surface area contributed by atoms with Gasteiger partial charge in [0.2, 0.25) is 5.91 Å². The molecule has 44 heavy (non-hydrogen) atoms. The number of rotatable bonds is 7. The average molecular weight is 651 g/mol. The van der Waals surface area contributed by atoms with E-state index >= 15 is 0 Å². The van der Waals surface area contributed by atoms with E-state index in [1.54, 1.807) is 19.1 Å². The van der Waals surface area contributed by atoms with Gasteiger partial charge in [0, 0.05) is 49.6 Å². The van der Waals surface area contributed by atoms with Crippen LogP contribution in [0.4, 0.5) is 23.2 Å². The first-order valence-electron chi connectivity index (χ1n) is 14.5. The molecule has 1 saturated heterocycles. The van der Waals surface area contributed by atoms with E-state index in [-0.39, 0.29) is 29.3 Å². The van der Waals surface area contributed by atoms with Crippen molar-refractivity contribution in [3.63, 3.8) is 0 Å². The van der Waals surface area contributed by atoms with E-state index in [0.717, 1.165) is 43.2 Å². The molecular weight excluding hydrogens is 617 g/mol. The maximum absolute atomic E-state index is 14.0. The minimum Gasteiger partial charge on any atom is -0.341 e. The molecule has 0 N–H and O–H groups in total. The molecule has 0 radical (unpaired) electrons. The number of likely N-dealkylation sites (N-methyl/N-ethyl adjacent to an activating group) is 1. The first-order chi connectivity index (χ1) is 20.8. The third kappa shape index (κ3) is 6.75. The van der Waals surface area contributed by atoms with Crippen LogP contribution in [-0.4, -0.2) is 61.4 Å². The number of para-hydroxylation sites is 1. The molecule has 234 valence electrons. The maximum atomic E-state index is 14.0. The number of halogens is 6. The van der Waals surface area contributed by atoms with Gasteiger partial charge in [-0.15, -0.1) is 0 Å². The van der Waals surface area contributed by atoms with Crippen molar-refractivity contribution >= 4 is 40.7 Å². The lowest BCUT2D eigenvalue weighted by molar-refractivity contribution is -0.137. The number of hydrogen-bond acceptors (Lipinski definition) is 3. The van der Waals surface area contributed by atoms with Gasteiger partial charge in [0.05, 0.1) is 15.6 Å². The fourth-order valence-corrected chi connectivity index (χ4v) is 6.83. The largest absolute Gasteiger partial charge is 0.416 e. The van der Waals surface area contributed by atoms with E-state index in [2.05, 4.69) is 11.0 Å². The highest BCUT2D eigenvalue weighted by Crippen LogP contribution is 2.47. The predicted octanol–water partition coefficient (Wildman–Crippen LogP) is 7.80. The molecule has 1 spiro atoms. The van der Waals surface area contributed by atoms with Gasteiger partial charge in [-0.2, -0.15) is 13.2 Å². The molecule has 3 aromatic rings. The normalized spacial score (nSPS) is 17.0. The molecule has 2 heterocycles. The summed E-state index contributed by atoms with van der Waals surface area (Å²) in [5, 5.41) is 0.744. The zero-order valence-electron chi connectivity index (χ0n) is 24.4. The molecule has 0 saturated carbocycles. The van der Waals surface area contributed by atoms with Crippen molar-refractivity contribution < 1.29 is 27.2 Å². The number of carbonyl (C=O) groups is 2. The number of anilines is 1. The number of piperidine rings is 1. The molecule has 2 amide bonds. The fourth-order valence-electron chi connectivity index (χ4n) is 6.52. The van der Waals surface area contributed by atoms with Crippen LogP contribution in [-0.2, 0) is 16.4 Å². The molecule has 1 unspecified atom stereocenters. The Bertz CT molecular complexity index is 1560. The second-order valence-corrected chi connectivity index (χ2v) is 12.6. The molecule has 0 bridgehead atoms. The molecule has 3 aromatic carbocycles. The summed E-state index contributed by atoms with van der Waals surface area (Å²) < 4.78 is 53.9. The van der Waals surface area contributed by atoms with Gasteiger partial charge in [0.15, 0.2) is 0 Å². The van der Waals surface area contributed by atoms with Crippen LogP contribution >= 0.6 is 23.2 Å². The quantitative estimate of drug-likeness (QED) is 0.245. The lowest BCUT2D eigenvalue weighted by atomic mass is 9.74. The molecule has 0 aromatic heterocycles. The predicted molar refractivity (Wildman–Crippen MR) is 164 cm³/mol. The van der Waals surface area contributed by atoms with Gasteiger partial charge in [-0.05, 0) is 86.4 Å². The van der Waals surface area contributed by atoms with Crippen molar-refractivity contribution in [1.82, 2.24) is 9.80 Å². The van der Waals surface area contributed by atoms with Crippen LogP contribution in [0.5, 0.6) is 0 Å². The molecule has 5 nitrogen and oxygen atoms in total. The van der Waals surface area contributed by atoms with Crippen molar-refractivity contribution in [2.24, 2.45) is 0 Å². The smallest absolute Gasteiger partial charge is 0.341 e. The number of nitrogens with zero attached hydrogens (tertiary/aromatic N) is 3. The number of benzene rings is 3. The molecule has 2 aliphatic rings. The molecule has 1 fully saturated rings. The first-order valence-corrected chi connectivity index (χ1v) is 15.2. The van der Waals surface area contributed by atoms with Crippen LogP contribution in [0.2, 0.25) is 10.0 Å². The zero-order valence-corrected chi connectivity index (χ0v) is 25.9. The summed E-state index contributed by atoms with van der Waals surface area (Å²) in [5.74, 6) is -2.02. The molecule has 1 atom stereocenters. The summed E-state index contributed by atoms with van der Waals surface area (Å²) in [6.07, 6.45) is -2.36. The maximum Gasteiger partial charge on any atom is 0.416 e. The minimum atomic E-state index is -4.78. The van der Waals surface area contributed by atoms with Crippen molar-refractivity contribution in [2.75, 3.05) is 44.7 Å². The Hall–Kier alpha value is -3.14. The van der Waals surface area contributed by atoms with E-state index in [4.69, 9.17) is 23.2 Å². The summed E-state index contributed by atoms with van der Waals surface area (Å²) in [6.45, 7) is 4.80. The third-order valence-corrected chi connectivity index (χ3v) is 9.68. The van der Waals surface area contributed by atoms with Crippen molar-refractivity contribution in [2.45, 2.75) is 43.7 Å². The van der Waals surface area contributed by atoms with Crippen LogP contribution < -0.4 is 4.90 Å². The highest BCUT2D eigenvalue weighted by atomic mass is 35.5. The highest BCUT2D eigenvalue weighted by Gasteiger charge is 2.45. The average Bonchev–Trinajstić information content (AvgIpc) is 3.30. The Balaban J connectivity index is 1.29. The third-order valence-electron chi connectivity index (χ3n) is 8.94. The Labute approximate surface area is 264 Å². The second-order valence-electron chi connectivity index (χ2n) is 11.8. The van der Waals surface area contributed by atoms with Gasteiger partial charge < -0.3 is 14.7 Å². The highest BCUT2D eigenvalue weighted by molar-refractivity contribution is 6.42. The number of alkyl halides is 3.